The molecule has 1 saturated carbocycles. The molecule has 5 heteroatoms. The first-order valence-electron chi connectivity index (χ1n) is 9.57. The summed E-state index contributed by atoms with van der Waals surface area (Å²) in [4.78, 5) is 28.8. The van der Waals surface area contributed by atoms with E-state index in [0.29, 0.717) is 25.6 Å². The average Bonchev–Trinajstić information content (AvgIpc) is 3.36. The van der Waals surface area contributed by atoms with Crippen LogP contribution in [0.5, 0.6) is 0 Å². The lowest BCUT2D eigenvalue weighted by Crippen LogP contribution is -2.45. The third kappa shape index (κ3) is 6.46. The number of carbonyl (C=O) groups is 2. The van der Waals surface area contributed by atoms with Gasteiger partial charge in [-0.1, -0.05) is 19.4 Å². The first kappa shape index (κ1) is 20.0. The predicted octanol–water partition coefficient (Wildman–Crippen LogP) is 2.29. The smallest absolute Gasteiger partial charge is 0.246 e. The molecular formula is C20H35N3O2. The van der Waals surface area contributed by atoms with Gasteiger partial charge in [-0.05, 0) is 58.0 Å². The SMILES string of the molecule is C/C(=C\C(=O)N1CCC(C(=O)NCC(C)(C)CN(C)C)CC1)C1CC1. The van der Waals surface area contributed by atoms with E-state index in [2.05, 4.69) is 45.1 Å². The van der Waals surface area contributed by atoms with Gasteiger partial charge in [-0.2, -0.15) is 0 Å². The van der Waals surface area contributed by atoms with E-state index in [1.54, 1.807) is 0 Å². The molecule has 1 N–H and O–H groups in total. The Balaban J connectivity index is 1.74. The zero-order valence-corrected chi connectivity index (χ0v) is 16.6. The molecule has 0 radical (unpaired) electrons. The van der Waals surface area contributed by atoms with E-state index in [1.807, 2.05) is 11.0 Å². The summed E-state index contributed by atoms with van der Waals surface area (Å²) in [6.07, 6.45) is 5.79. The molecule has 0 atom stereocenters. The molecule has 2 rings (SSSR count). The van der Waals surface area contributed by atoms with Gasteiger partial charge >= 0.3 is 0 Å². The first-order valence-corrected chi connectivity index (χ1v) is 9.57. The van der Waals surface area contributed by atoms with E-state index in [9.17, 15) is 9.59 Å². The fraction of sp³-hybridized carbons (Fsp3) is 0.800. The van der Waals surface area contributed by atoms with Crippen LogP contribution in [0.1, 0.15) is 46.5 Å². The van der Waals surface area contributed by atoms with Crippen LogP contribution in [0.3, 0.4) is 0 Å². The fourth-order valence-corrected chi connectivity index (χ4v) is 3.69. The quantitative estimate of drug-likeness (QED) is 0.718. The average molecular weight is 350 g/mol. The number of nitrogens with zero attached hydrogens (tertiary/aromatic N) is 2. The van der Waals surface area contributed by atoms with Gasteiger partial charge in [0.05, 0.1) is 0 Å². The van der Waals surface area contributed by atoms with Crippen LogP contribution in [0.25, 0.3) is 0 Å². The molecule has 1 saturated heterocycles. The maximum Gasteiger partial charge on any atom is 0.246 e. The van der Waals surface area contributed by atoms with Crippen molar-refractivity contribution in [3.8, 4) is 0 Å². The minimum absolute atomic E-state index is 0.0349. The van der Waals surface area contributed by atoms with Crippen LogP contribution in [0, 0.1) is 17.3 Å². The molecule has 2 amide bonds. The molecule has 0 bridgehead atoms. The molecule has 1 heterocycles. The number of carbonyl (C=O) groups excluding carboxylic acids is 2. The third-order valence-corrected chi connectivity index (χ3v) is 5.24. The normalized spacial score (nSPS) is 20.1. The highest BCUT2D eigenvalue weighted by Crippen LogP contribution is 2.36. The van der Waals surface area contributed by atoms with E-state index in [0.717, 1.165) is 19.4 Å². The summed E-state index contributed by atoms with van der Waals surface area (Å²) in [6.45, 7) is 9.40. The van der Waals surface area contributed by atoms with Crippen LogP contribution < -0.4 is 5.32 Å². The number of allylic oxidation sites excluding steroid dienone is 1. The van der Waals surface area contributed by atoms with Crippen molar-refractivity contribution in [2.24, 2.45) is 17.3 Å². The van der Waals surface area contributed by atoms with Gasteiger partial charge in [0.1, 0.15) is 0 Å². The van der Waals surface area contributed by atoms with Crippen molar-refractivity contribution in [2.45, 2.75) is 46.5 Å². The standard InChI is InChI=1S/C20H35N3O2/c1-15(16-6-7-16)12-18(24)23-10-8-17(9-11-23)19(25)21-13-20(2,3)14-22(4)5/h12,16-17H,6-11,13-14H2,1-5H3,(H,21,25)/b15-12+. The molecule has 0 spiro atoms. The highest BCUT2D eigenvalue weighted by atomic mass is 16.2. The molecule has 25 heavy (non-hydrogen) atoms. The molecule has 1 aliphatic heterocycles. The second-order valence-corrected chi connectivity index (χ2v) is 8.88. The molecule has 0 aromatic rings. The highest BCUT2D eigenvalue weighted by molar-refractivity contribution is 5.88. The largest absolute Gasteiger partial charge is 0.355 e. The molecule has 0 unspecified atom stereocenters. The van der Waals surface area contributed by atoms with Gasteiger partial charge in [-0.15, -0.1) is 0 Å². The predicted molar refractivity (Wildman–Crippen MR) is 101 cm³/mol. The number of likely N-dealkylation sites (tertiary alicyclic amines) is 1. The molecule has 1 aliphatic carbocycles. The van der Waals surface area contributed by atoms with Gasteiger partial charge in [0.2, 0.25) is 11.8 Å². The number of hydrogen-bond acceptors (Lipinski definition) is 3. The van der Waals surface area contributed by atoms with Crippen LogP contribution in [0.2, 0.25) is 0 Å². The molecule has 2 fully saturated rings. The number of piperidine rings is 1. The van der Waals surface area contributed by atoms with E-state index >= 15 is 0 Å². The zero-order chi connectivity index (χ0) is 18.6. The second-order valence-electron chi connectivity index (χ2n) is 8.88. The van der Waals surface area contributed by atoms with Gasteiger partial charge in [-0.25, -0.2) is 0 Å². The maximum atomic E-state index is 12.4. The summed E-state index contributed by atoms with van der Waals surface area (Å²) < 4.78 is 0. The highest BCUT2D eigenvalue weighted by Gasteiger charge is 2.29. The lowest BCUT2D eigenvalue weighted by atomic mass is 9.91. The van der Waals surface area contributed by atoms with Gasteiger partial charge in [0.15, 0.2) is 0 Å². The minimum Gasteiger partial charge on any atom is -0.355 e. The van der Waals surface area contributed by atoms with Crippen molar-refractivity contribution in [3.05, 3.63) is 11.6 Å². The zero-order valence-electron chi connectivity index (χ0n) is 16.6. The number of nitrogens with one attached hydrogen (secondary N) is 1. The van der Waals surface area contributed by atoms with Crippen molar-refractivity contribution >= 4 is 11.8 Å². The topological polar surface area (TPSA) is 52.7 Å². The monoisotopic (exact) mass is 349 g/mol. The van der Waals surface area contributed by atoms with Crippen molar-refractivity contribution in [1.82, 2.24) is 15.1 Å². The Kier molecular flexibility index (Phi) is 6.66. The van der Waals surface area contributed by atoms with E-state index < -0.39 is 0 Å². The molecule has 2 aliphatic rings. The molecule has 142 valence electrons. The first-order chi connectivity index (χ1) is 11.7. The number of amides is 2. The Morgan fingerprint density at radius 3 is 2.24 bits per heavy atom. The Bertz CT molecular complexity index is 513. The Labute approximate surface area is 152 Å². The van der Waals surface area contributed by atoms with Crippen molar-refractivity contribution in [1.29, 1.82) is 0 Å². The lowest BCUT2D eigenvalue weighted by Gasteiger charge is -2.32. The summed E-state index contributed by atoms with van der Waals surface area (Å²) in [5.74, 6) is 0.935. The third-order valence-electron chi connectivity index (χ3n) is 5.24. The lowest BCUT2D eigenvalue weighted by molar-refractivity contribution is -0.132. The van der Waals surface area contributed by atoms with Crippen LogP contribution in [-0.4, -0.2) is 61.9 Å². The van der Waals surface area contributed by atoms with E-state index in [1.165, 1.54) is 18.4 Å². The summed E-state index contributed by atoms with van der Waals surface area (Å²) in [7, 11) is 4.10. The molecule has 5 nitrogen and oxygen atoms in total. The van der Waals surface area contributed by atoms with Crippen molar-refractivity contribution in [3.63, 3.8) is 0 Å². The summed E-state index contributed by atoms with van der Waals surface area (Å²) >= 11 is 0. The Morgan fingerprint density at radius 2 is 1.72 bits per heavy atom. The summed E-state index contributed by atoms with van der Waals surface area (Å²) in [5, 5.41) is 3.12. The van der Waals surface area contributed by atoms with E-state index in [4.69, 9.17) is 0 Å². The summed E-state index contributed by atoms with van der Waals surface area (Å²) in [5.41, 5.74) is 1.27. The fourth-order valence-electron chi connectivity index (χ4n) is 3.69. The summed E-state index contributed by atoms with van der Waals surface area (Å²) in [6, 6.07) is 0. The van der Waals surface area contributed by atoms with Crippen molar-refractivity contribution < 1.29 is 9.59 Å². The van der Waals surface area contributed by atoms with Crippen molar-refractivity contribution in [2.75, 3.05) is 40.3 Å². The number of hydrogen-bond donors (Lipinski definition) is 1. The van der Waals surface area contributed by atoms with Gasteiger partial charge in [0, 0.05) is 38.2 Å². The Hall–Kier alpha value is -1.36. The number of rotatable bonds is 7. The molecule has 0 aromatic carbocycles. The minimum atomic E-state index is 0.0349. The molecular weight excluding hydrogens is 314 g/mol. The second kappa shape index (κ2) is 8.35. The van der Waals surface area contributed by atoms with Gasteiger partial charge in [-0.3, -0.25) is 9.59 Å². The Morgan fingerprint density at radius 1 is 1.12 bits per heavy atom. The van der Waals surface area contributed by atoms with Crippen LogP contribution >= 0.6 is 0 Å². The molecule has 0 aromatic heterocycles. The van der Waals surface area contributed by atoms with Crippen LogP contribution in [0.15, 0.2) is 11.6 Å². The van der Waals surface area contributed by atoms with Crippen LogP contribution in [-0.2, 0) is 9.59 Å². The maximum absolute atomic E-state index is 12.4. The van der Waals surface area contributed by atoms with Gasteiger partial charge in [0.25, 0.3) is 0 Å². The van der Waals surface area contributed by atoms with E-state index in [-0.39, 0.29) is 23.1 Å². The van der Waals surface area contributed by atoms with Crippen LogP contribution in [0.4, 0.5) is 0 Å². The van der Waals surface area contributed by atoms with Gasteiger partial charge < -0.3 is 15.1 Å².